The summed E-state index contributed by atoms with van der Waals surface area (Å²) in [5, 5.41) is 12.6. The van der Waals surface area contributed by atoms with Crippen LogP contribution in [0.5, 0.6) is 0 Å². The SMILES string of the molecule is Cn1cc(CNS(=O)(=O)c2ccc(C#CCO)cc2)cn1. The number of aryl methyl sites for hydroxylation is 1. The van der Waals surface area contributed by atoms with Gasteiger partial charge in [0.1, 0.15) is 6.61 Å². The first-order valence-electron chi connectivity index (χ1n) is 6.18. The maximum atomic E-state index is 12.1. The summed E-state index contributed by atoms with van der Waals surface area (Å²) in [4.78, 5) is 0.168. The van der Waals surface area contributed by atoms with Crippen molar-refractivity contribution in [2.24, 2.45) is 7.05 Å². The molecule has 0 amide bonds. The normalized spacial score (nSPS) is 11.0. The van der Waals surface area contributed by atoms with Crippen LogP contribution in [0.3, 0.4) is 0 Å². The highest BCUT2D eigenvalue weighted by atomic mass is 32.2. The zero-order chi connectivity index (χ0) is 15.3. The number of hydrogen-bond donors (Lipinski definition) is 2. The quantitative estimate of drug-likeness (QED) is 0.793. The summed E-state index contributed by atoms with van der Waals surface area (Å²) in [7, 11) is -1.80. The first-order chi connectivity index (χ1) is 10.0. The van der Waals surface area contributed by atoms with Gasteiger partial charge < -0.3 is 5.11 Å². The number of aliphatic hydroxyl groups excluding tert-OH is 1. The predicted octanol–water partition coefficient (Wildman–Crippen LogP) is 0.242. The molecular weight excluding hydrogens is 290 g/mol. The topological polar surface area (TPSA) is 84.2 Å². The van der Waals surface area contributed by atoms with E-state index >= 15 is 0 Å². The Balaban J connectivity index is 2.08. The van der Waals surface area contributed by atoms with Crippen LogP contribution in [0.25, 0.3) is 0 Å². The minimum atomic E-state index is -3.57. The van der Waals surface area contributed by atoms with Gasteiger partial charge in [0.05, 0.1) is 11.1 Å². The van der Waals surface area contributed by atoms with Crippen molar-refractivity contribution in [1.82, 2.24) is 14.5 Å². The Kier molecular flexibility index (Phi) is 4.75. The molecule has 0 saturated heterocycles. The molecule has 0 aliphatic carbocycles. The van der Waals surface area contributed by atoms with Crippen molar-refractivity contribution in [2.75, 3.05) is 6.61 Å². The van der Waals surface area contributed by atoms with Gasteiger partial charge in [0.2, 0.25) is 10.0 Å². The van der Waals surface area contributed by atoms with Crippen molar-refractivity contribution in [1.29, 1.82) is 0 Å². The lowest BCUT2D eigenvalue weighted by atomic mass is 10.2. The maximum Gasteiger partial charge on any atom is 0.240 e. The smallest absolute Gasteiger partial charge is 0.240 e. The van der Waals surface area contributed by atoms with Crippen molar-refractivity contribution in [3.8, 4) is 11.8 Å². The molecule has 2 rings (SSSR count). The number of aliphatic hydroxyl groups is 1. The molecule has 21 heavy (non-hydrogen) atoms. The molecule has 0 saturated carbocycles. The molecule has 1 aromatic heterocycles. The van der Waals surface area contributed by atoms with Crippen molar-refractivity contribution in [3.05, 3.63) is 47.8 Å². The fourth-order valence-corrected chi connectivity index (χ4v) is 2.70. The summed E-state index contributed by atoms with van der Waals surface area (Å²) < 4.78 is 28.4. The maximum absolute atomic E-state index is 12.1. The van der Waals surface area contributed by atoms with E-state index in [4.69, 9.17) is 5.11 Å². The molecule has 2 N–H and O–H groups in total. The summed E-state index contributed by atoms with van der Waals surface area (Å²) in [6.45, 7) is -0.0467. The number of nitrogens with zero attached hydrogens (tertiary/aromatic N) is 2. The van der Waals surface area contributed by atoms with E-state index in [1.54, 1.807) is 36.3 Å². The Morgan fingerprint density at radius 2 is 2.05 bits per heavy atom. The van der Waals surface area contributed by atoms with Gasteiger partial charge in [0.25, 0.3) is 0 Å². The minimum absolute atomic E-state index is 0.168. The summed E-state index contributed by atoms with van der Waals surface area (Å²) in [5.74, 6) is 5.21. The van der Waals surface area contributed by atoms with Gasteiger partial charge in [-0.05, 0) is 24.3 Å². The van der Waals surface area contributed by atoms with Crippen LogP contribution in [0.1, 0.15) is 11.1 Å². The van der Waals surface area contributed by atoms with Gasteiger partial charge >= 0.3 is 0 Å². The molecule has 0 bridgehead atoms. The second kappa shape index (κ2) is 6.54. The number of aromatic nitrogens is 2. The number of benzene rings is 1. The van der Waals surface area contributed by atoms with Gasteiger partial charge in [-0.1, -0.05) is 11.8 Å². The van der Waals surface area contributed by atoms with Crippen LogP contribution in [0.2, 0.25) is 0 Å². The van der Waals surface area contributed by atoms with Gasteiger partial charge in [-0.2, -0.15) is 5.10 Å². The summed E-state index contributed by atoms with van der Waals surface area (Å²) in [5.41, 5.74) is 1.43. The van der Waals surface area contributed by atoms with Crippen LogP contribution >= 0.6 is 0 Å². The van der Waals surface area contributed by atoms with Gasteiger partial charge in [0, 0.05) is 30.9 Å². The zero-order valence-electron chi connectivity index (χ0n) is 11.4. The van der Waals surface area contributed by atoms with Crippen molar-refractivity contribution in [3.63, 3.8) is 0 Å². The van der Waals surface area contributed by atoms with E-state index in [9.17, 15) is 8.42 Å². The molecule has 0 spiro atoms. The number of sulfonamides is 1. The first kappa shape index (κ1) is 15.3. The van der Waals surface area contributed by atoms with Crippen molar-refractivity contribution >= 4 is 10.0 Å². The third-order valence-corrected chi connectivity index (χ3v) is 4.12. The third kappa shape index (κ3) is 4.16. The Hall–Kier alpha value is -2.14. The van der Waals surface area contributed by atoms with Crippen LogP contribution in [0.15, 0.2) is 41.6 Å². The Labute approximate surface area is 123 Å². The first-order valence-corrected chi connectivity index (χ1v) is 7.66. The van der Waals surface area contributed by atoms with E-state index < -0.39 is 10.0 Å². The predicted molar refractivity (Wildman–Crippen MR) is 77.6 cm³/mol. The minimum Gasteiger partial charge on any atom is -0.384 e. The van der Waals surface area contributed by atoms with E-state index in [-0.39, 0.29) is 18.0 Å². The van der Waals surface area contributed by atoms with Crippen LogP contribution in [0, 0.1) is 11.8 Å². The van der Waals surface area contributed by atoms with E-state index in [1.807, 2.05) is 0 Å². The highest BCUT2D eigenvalue weighted by Gasteiger charge is 2.13. The Bertz CT molecular complexity index is 768. The van der Waals surface area contributed by atoms with Crippen molar-refractivity contribution in [2.45, 2.75) is 11.4 Å². The average molecular weight is 305 g/mol. The lowest BCUT2D eigenvalue weighted by Gasteiger charge is -2.05. The lowest BCUT2D eigenvalue weighted by Crippen LogP contribution is -2.23. The number of hydrogen-bond acceptors (Lipinski definition) is 4. The van der Waals surface area contributed by atoms with E-state index in [0.717, 1.165) is 5.56 Å². The molecule has 1 heterocycles. The average Bonchev–Trinajstić information content (AvgIpc) is 2.89. The molecule has 0 aliphatic rings. The molecule has 7 heteroatoms. The summed E-state index contributed by atoms with van der Waals surface area (Å²) in [6, 6.07) is 6.16. The Morgan fingerprint density at radius 1 is 1.33 bits per heavy atom. The standard InChI is InChI=1S/C14H15N3O3S/c1-17-11-13(9-15-17)10-16-21(19,20)14-6-4-12(5-7-14)3-2-8-18/h4-7,9,11,16,18H,8,10H2,1H3. The van der Waals surface area contributed by atoms with Crippen LogP contribution < -0.4 is 4.72 Å². The highest BCUT2D eigenvalue weighted by molar-refractivity contribution is 7.89. The molecule has 0 atom stereocenters. The monoisotopic (exact) mass is 305 g/mol. The molecule has 110 valence electrons. The molecule has 2 aromatic rings. The van der Waals surface area contributed by atoms with Crippen molar-refractivity contribution < 1.29 is 13.5 Å². The molecule has 1 aromatic carbocycles. The summed E-state index contributed by atoms with van der Waals surface area (Å²) >= 11 is 0. The van der Waals surface area contributed by atoms with E-state index in [1.165, 1.54) is 12.1 Å². The fourth-order valence-electron chi connectivity index (χ4n) is 1.68. The van der Waals surface area contributed by atoms with Gasteiger partial charge in [0.15, 0.2) is 0 Å². The number of nitrogens with one attached hydrogen (secondary N) is 1. The molecule has 0 radical (unpaired) electrons. The molecular formula is C14H15N3O3S. The third-order valence-electron chi connectivity index (χ3n) is 2.70. The van der Waals surface area contributed by atoms with E-state index in [2.05, 4.69) is 21.7 Å². The van der Waals surface area contributed by atoms with E-state index in [0.29, 0.717) is 5.56 Å². The van der Waals surface area contributed by atoms with Gasteiger partial charge in [-0.15, -0.1) is 0 Å². The highest BCUT2D eigenvalue weighted by Crippen LogP contribution is 2.10. The second-order valence-electron chi connectivity index (χ2n) is 4.33. The largest absolute Gasteiger partial charge is 0.384 e. The number of rotatable bonds is 4. The fraction of sp³-hybridized carbons (Fsp3) is 0.214. The van der Waals surface area contributed by atoms with Gasteiger partial charge in [-0.25, -0.2) is 13.1 Å². The Morgan fingerprint density at radius 3 is 2.62 bits per heavy atom. The van der Waals surface area contributed by atoms with Gasteiger partial charge in [-0.3, -0.25) is 4.68 Å². The van der Waals surface area contributed by atoms with Crippen LogP contribution in [-0.4, -0.2) is 29.9 Å². The lowest BCUT2D eigenvalue weighted by molar-refractivity contribution is 0.350. The summed E-state index contributed by atoms with van der Waals surface area (Å²) in [6.07, 6.45) is 3.35. The molecule has 0 aliphatic heterocycles. The molecule has 0 fully saturated rings. The molecule has 6 nitrogen and oxygen atoms in total. The van der Waals surface area contributed by atoms with Crippen LogP contribution in [-0.2, 0) is 23.6 Å². The molecule has 0 unspecified atom stereocenters. The second-order valence-corrected chi connectivity index (χ2v) is 6.10. The van der Waals surface area contributed by atoms with Crippen LogP contribution in [0.4, 0.5) is 0 Å². The zero-order valence-corrected chi connectivity index (χ0v) is 12.3.